The number of carboxylic acids is 1. The number of methoxy groups -OCH3 is 1. The first-order valence-corrected chi connectivity index (χ1v) is 5.91. The van der Waals surface area contributed by atoms with Crippen molar-refractivity contribution in [2.24, 2.45) is 5.92 Å². The molecule has 2 rings (SSSR count). The lowest BCUT2D eigenvalue weighted by Gasteiger charge is -2.11. The van der Waals surface area contributed by atoms with Crippen LogP contribution in [0.3, 0.4) is 0 Å². The van der Waals surface area contributed by atoms with Gasteiger partial charge in [-0.2, -0.15) is 0 Å². The van der Waals surface area contributed by atoms with Gasteiger partial charge in [0.25, 0.3) is 0 Å². The van der Waals surface area contributed by atoms with E-state index in [1.807, 2.05) is 0 Å². The number of ether oxygens (including phenoxy) is 2. The number of hydrogen-bond donors (Lipinski definition) is 2. The first-order valence-electron chi connectivity index (χ1n) is 5.91. The second-order valence-corrected chi connectivity index (χ2v) is 4.27. The molecule has 1 aliphatic rings. The molecule has 0 radical (unpaired) electrons. The number of hydrogen-bond acceptors (Lipinski definition) is 4. The van der Waals surface area contributed by atoms with Gasteiger partial charge in [-0.3, -0.25) is 4.79 Å². The number of nitrogens with one attached hydrogen (secondary N) is 1. The summed E-state index contributed by atoms with van der Waals surface area (Å²) in [7, 11) is 1.39. The predicted molar refractivity (Wildman–Crippen MR) is 67.5 cm³/mol. The Kier molecular flexibility index (Phi) is 4.01. The minimum atomic E-state index is -1.07. The highest BCUT2D eigenvalue weighted by molar-refractivity contribution is 5.95. The van der Waals surface area contributed by atoms with Crippen LogP contribution in [0.25, 0.3) is 0 Å². The lowest BCUT2D eigenvalue weighted by Crippen LogP contribution is -2.22. The second-order valence-electron chi connectivity index (χ2n) is 4.27. The molecule has 1 saturated heterocycles. The highest BCUT2D eigenvalue weighted by atomic mass is 16.5. The predicted octanol–water partition coefficient (Wildman–Crippen LogP) is 1.37. The molecule has 1 amide bonds. The van der Waals surface area contributed by atoms with Gasteiger partial charge in [0.15, 0.2) is 0 Å². The Morgan fingerprint density at radius 1 is 1.47 bits per heavy atom. The van der Waals surface area contributed by atoms with Crippen LogP contribution in [0, 0.1) is 5.92 Å². The van der Waals surface area contributed by atoms with Crippen LogP contribution in [0.5, 0.6) is 5.75 Å². The van der Waals surface area contributed by atoms with Gasteiger partial charge in [0.2, 0.25) is 5.91 Å². The Morgan fingerprint density at radius 3 is 2.84 bits per heavy atom. The van der Waals surface area contributed by atoms with E-state index in [1.54, 1.807) is 6.07 Å². The number of carbonyl (C=O) groups is 2. The van der Waals surface area contributed by atoms with Crippen LogP contribution in [-0.2, 0) is 9.53 Å². The molecule has 1 aromatic rings. The fourth-order valence-corrected chi connectivity index (χ4v) is 1.93. The van der Waals surface area contributed by atoms with Crippen LogP contribution < -0.4 is 10.1 Å². The molecule has 0 aromatic heterocycles. The third-order valence-corrected chi connectivity index (χ3v) is 3.00. The van der Waals surface area contributed by atoms with Crippen LogP contribution in [0.15, 0.2) is 18.2 Å². The average Bonchev–Trinajstić information content (AvgIpc) is 2.92. The van der Waals surface area contributed by atoms with Gasteiger partial charge in [0, 0.05) is 18.4 Å². The van der Waals surface area contributed by atoms with Gasteiger partial charge >= 0.3 is 5.97 Å². The van der Waals surface area contributed by atoms with Crippen molar-refractivity contribution in [2.75, 3.05) is 25.6 Å². The molecule has 6 heteroatoms. The average molecular weight is 265 g/mol. The highest BCUT2D eigenvalue weighted by Gasteiger charge is 2.23. The molecule has 1 aromatic carbocycles. The number of anilines is 1. The van der Waals surface area contributed by atoms with Crippen molar-refractivity contribution in [3.05, 3.63) is 23.8 Å². The van der Waals surface area contributed by atoms with Gasteiger partial charge in [-0.05, 0) is 18.6 Å². The lowest BCUT2D eigenvalue weighted by molar-refractivity contribution is -0.119. The molecule has 1 atom stereocenters. The van der Waals surface area contributed by atoms with E-state index in [1.165, 1.54) is 19.2 Å². The van der Waals surface area contributed by atoms with E-state index < -0.39 is 5.97 Å². The topological polar surface area (TPSA) is 84.9 Å². The number of aromatic carboxylic acids is 1. The van der Waals surface area contributed by atoms with Crippen molar-refractivity contribution in [2.45, 2.75) is 6.42 Å². The lowest BCUT2D eigenvalue weighted by atomic mass is 10.1. The summed E-state index contributed by atoms with van der Waals surface area (Å²) < 4.78 is 10.1. The molecule has 1 unspecified atom stereocenters. The van der Waals surface area contributed by atoms with Gasteiger partial charge in [-0.15, -0.1) is 0 Å². The minimum Gasteiger partial charge on any atom is -0.496 e. The molecule has 2 N–H and O–H groups in total. The first kappa shape index (κ1) is 13.4. The number of carboxylic acid groups (broad SMARTS) is 1. The smallest absolute Gasteiger partial charge is 0.339 e. The van der Waals surface area contributed by atoms with Gasteiger partial charge in [-0.25, -0.2) is 4.79 Å². The molecule has 0 aliphatic carbocycles. The van der Waals surface area contributed by atoms with E-state index in [2.05, 4.69) is 5.32 Å². The third kappa shape index (κ3) is 3.03. The fraction of sp³-hybridized carbons (Fsp3) is 0.385. The monoisotopic (exact) mass is 265 g/mol. The van der Waals surface area contributed by atoms with Crippen molar-refractivity contribution in [1.82, 2.24) is 0 Å². The molecule has 0 saturated carbocycles. The summed E-state index contributed by atoms with van der Waals surface area (Å²) in [6, 6.07) is 4.44. The van der Waals surface area contributed by atoms with Crippen molar-refractivity contribution in [3.8, 4) is 5.75 Å². The molecule has 6 nitrogen and oxygen atoms in total. The molecule has 0 bridgehead atoms. The summed E-state index contributed by atoms with van der Waals surface area (Å²) in [6.07, 6.45) is 0.705. The maximum absolute atomic E-state index is 11.9. The highest BCUT2D eigenvalue weighted by Crippen LogP contribution is 2.24. The van der Waals surface area contributed by atoms with Gasteiger partial charge in [0.05, 0.1) is 19.6 Å². The molecular formula is C13H15NO5. The minimum absolute atomic E-state index is 0.0599. The Bertz CT molecular complexity index is 494. The van der Waals surface area contributed by atoms with Gasteiger partial charge in [-0.1, -0.05) is 0 Å². The molecular weight excluding hydrogens is 250 g/mol. The molecule has 1 fully saturated rings. The van der Waals surface area contributed by atoms with Crippen LogP contribution >= 0.6 is 0 Å². The maximum Gasteiger partial charge on any atom is 0.339 e. The normalized spacial score (nSPS) is 18.1. The molecule has 19 heavy (non-hydrogen) atoms. The molecule has 1 aliphatic heterocycles. The van der Waals surface area contributed by atoms with E-state index in [-0.39, 0.29) is 23.1 Å². The van der Waals surface area contributed by atoms with Crippen molar-refractivity contribution < 1.29 is 24.2 Å². The van der Waals surface area contributed by atoms with Crippen molar-refractivity contribution >= 4 is 17.6 Å². The summed E-state index contributed by atoms with van der Waals surface area (Å²) in [4.78, 5) is 22.8. The second kappa shape index (κ2) is 5.71. The van der Waals surface area contributed by atoms with E-state index in [0.717, 1.165) is 0 Å². The summed E-state index contributed by atoms with van der Waals surface area (Å²) in [5.41, 5.74) is 0.573. The number of rotatable bonds is 4. The first-order chi connectivity index (χ1) is 9.11. The van der Waals surface area contributed by atoms with Crippen LogP contribution in [0.2, 0.25) is 0 Å². The van der Waals surface area contributed by atoms with Gasteiger partial charge < -0.3 is 19.9 Å². The SMILES string of the molecule is COc1cc(NC(=O)C2CCOC2)ccc1C(=O)O. The zero-order valence-corrected chi connectivity index (χ0v) is 10.5. The Hall–Kier alpha value is -2.08. The van der Waals surface area contributed by atoms with Crippen LogP contribution in [0.4, 0.5) is 5.69 Å². The molecule has 102 valence electrons. The Labute approximate surface area is 110 Å². The summed E-state index contributed by atoms with van der Waals surface area (Å²) in [5, 5.41) is 11.7. The standard InChI is InChI=1S/C13H15NO5/c1-18-11-6-9(2-3-10(11)13(16)17)14-12(15)8-4-5-19-7-8/h2-3,6,8H,4-5,7H2,1H3,(H,14,15)(H,16,17). The quantitative estimate of drug-likeness (QED) is 0.858. The zero-order valence-electron chi connectivity index (χ0n) is 10.5. The van der Waals surface area contributed by atoms with Gasteiger partial charge in [0.1, 0.15) is 11.3 Å². The Balaban J connectivity index is 2.12. The number of amides is 1. The van der Waals surface area contributed by atoms with Crippen LogP contribution in [0.1, 0.15) is 16.8 Å². The number of carbonyl (C=O) groups excluding carboxylic acids is 1. The number of benzene rings is 1. The zero-order chi connectivity index (χ0) is 13.8. The van der Waals surface area contributed by atoms with E-state index in [9.17, 15) is 9.59 Å². The van der Waals surface area contributed by atoms with E-state index >= 15 is 0 Å². The fourth-order valence-electron chi connectivity index (χ4n) is 1.93. The van der Waals surface area contributed by atoms with Crippen molar-refractivity contribution in [1.29, 1.82) is 0 Å². The van der Waals surface area contributed by atoms with E-state index in [0.29, 0.717) is 25.3 Å². The van der Waals surface area contributed by atoms with Crippen LogP contribution in [-0.4, -0.2) is 37.3 Å². The summed E-state index contributed by atoms with van der Waals surface area (Å²) >= 11 is 0. The largest absolute Gasteiger partial charge is 0.496 e. The maximum atomic E-state index is 11.9. The summed E-state index contributed by atoms with van der Waals surface area (Å²) in [6.45, 7) is 1.02. The molecule has 1 heterocycles. The van der Waals surface area contributed by atoms with E-state index in [4.69, 9.17) is 14.6 Å². The summed E-state index contributed by atoms with van der Waals surface area (Å²) in [5.74, 6) is -1.13. The Morgan fingerprint density at radius 2 is 2.26 bits per heavy atom. The molecule has 0 spiro atoms. The van der Waals surface area contributed by atoms with Crippen molar-refractivity contribution in [3.63, 3.8) is 0 Å². The third-order valence-electron chi connectivity index (χ3n) is 3.00.